The summed E-state index contributed by atoms with van der Waals surface area (Å²) in [5, 5.41) is 2.52. The number of carbonyl (C=O) groups excluding carboxylic acids is 2. The molecule has 1 rings (SSSR count). The number of benzene rings is 1. The molecule has 0 aliphatic rings. The Morgan fingerprint density at radius 3 is 2.50 bits per heavy atom. The molecule has 0 aliphatic heterocycles. The molecular weight excluding hydrogens is 316 g/mol. The second-order valence-electron chi connectivity index (χ2n) is 5.92. The minimum absolute atomic E-state index is 0.174. The molecule has 134 valence electrons. The zero-order chi connectivity index (χ0) is 18.2. The van der Waals surface area contributed by atoms with Gasteiger partial charge in [-0.2, -0.15) is 0 Å². The number of unbranched alkanes of at least 4 members (excludes halogenated alkanes) is 3. The number of carbonyl (C=O) groups is 2. The monoisotopic (exact) mass is 341 g/mol. The summed E-state index contributed by atoms with van der Waals surface area (Å²) >= 11 is 0. The van der Waals surface area contributed by atoms with E-state index in [1.165, 1.54) is 12.1 Å². The quantitative estimate of drug-likeness (QED) is 0.546. The molecule has 1 N–H and O–H groups in total. The molecule has 24 heavy (non-hydrogen) atoms. The summed E-state index contributed by atoms with van der Waals surface area (Å²) in [5.41, 5.74) is -1.71. The van der Waals surface area contributed by atoms with E-state index in [2.05, 4.69) is 12.2 Å². The highest BCUT2D eigenvalue weighted by atomic mass is 19.2. The van der Waals surface area contributed by atoms with Crippen LogP contribution in [0, 0.1) is 11.6 Å². The molecular formula is C18H25F2NO3. The number of ether oxygens (including phenoxy) is 1. The molecule has 1 aromatic rings. The van der Waals surface area contributed by atoms with Gasteiger partial charge in [0, 0.05) is 0 Å². The van der Waals surface area contributed by atoms with E-state index in [1.54, 1.807) is 13.8 Å². The minimum atomic E-state index is -1.28. The van der Waals surface area contributed by atoms with Crippen LogP contribution in [0.3, 0.4) is 0 Å². The zero-order valence-electron chi connectivity index (χ0n) is 14.5. The fourth-order valence-corrected chi connectivity index (χ4v) is 2.41. The summed E-state index contributed by atoms with van der Waals surface area (Å²) in [4.78, 5) is 24.5. The normalized spacial score (nSPS) is 13.2. The largest absolute Gasteiger partial charge is 0.464 e. The predicted octanol–water partition coefficient (Wildman–Crippen LogP) is 3.99. The van der Waals surface area contributed by atoms with Crippen LogP contribution in [0.2, 0.25) is 0 Å². The maximum absolute atomic E-state index is 13.8. The van der Waals surface area contributed by atoms with Gasteiger partial charge in [0.2, 0.25) is 0 Å². The average Bonchev–Trinajstić information content (AvgIpc) is 2.54. The maximum Gasteiger partial charge on any atom is 0.331 e. The predicted molar refractivity (Wildman–Crippen MR) is 87.6 cm³/mol. The summed E-state index contributed by atoms with van der Waals surface area (Å²) in [6, 6.07) is 3.36. The van der Waals surface area contributed by atoms with Crippen molar-refractivity contribution in [3.63, 3.8) is 0 Å². The van der Waals surface area contributed by atoms with E-state index in [9.17, 15) is 18.4 Å². The lowest BCUT2D eigenvalue weighted by molar-refractivity contribution is -0.150. The van der Waals surface area contributed by atoms with Gasteiger partial charge in [-0.25, -0.2) is 13.6 Å². The second kappa shape index (κ2) is 9.35. The van der Waals surface area contributed by atoms with Crippen LogP contribution in [0.15, 0.2) is 18.2 Å². The van der Waals surface area contributed by atoms with Crippen molar-refractivity contribution in [3.8, 4) is 0 Å². The Morgan fingerprint density at radius 1 is 1.17 bits per heavy atom. The van der Waals surface area contributed by atoms with Gasteiger partial charge in [-0.05, 0) is 32.4 Å². The Labute approximate surface area is 141 Å². The second-order valence-corrected chi connectivity index (χ2v) is 5.92. The van der Waals surface area contributed by atoms with Crippen molar-refractivity contribution < 1.29 is 23.1 Å². The van der Waals surface area contributed by atoms with Crippen molar-refractivity contribution in [2.75, 3.05) is 6.61 Å². The molecule has 6 heteroatoms. The van der Waals surface area contributed by atoms with E-state index in [0.29, 0.717) is 6.42 Å². The van der Waals surface area contributed by atoms with Crippen molar-refractivity contribution in [2.24, 2.45) is 0 Å². The van der Waals surface area contributed by atoms with Crippen LogP contribution in [-0.4, -0.2) is 24.0 Å². The lowest BCUT2D eigenvalue weighted by Gasteiger charge is -2.28. The number of amides is 1. The summed E-state index contributed by atoms with van der Waals surface area (Å²) in [6.07, 6.45) is 4.06. The summed E-state index contributed by atoms with van der Waals surface area (Å²) in [7, 11) is 0. The molecule has 0 bridgehead atoms. The first-order valence-corrected chi connectivity index (χ1v) is 8.29. The van der Waals surface area contributed by atoms with Gasteiger partial charge < -0.3 is 10.1 Å². The highest BCUT2D eigenvalue weighted by molar-refractivity contribution is 5.98. The summed E-state index contributed by atoms with van der Waals surface area (Å²) < 4.78 is 32.1. The van der Waals surface area contributed by atoms with Crippen molar-refractivity contribution in [1.82, 2.24) is 5.32 Å². The smallest absolute Gasteiger partial charge is 0.331 e. The first-order chi connectivity index (χ1) is 11.4. The van der Waals surface area contributed by atoms with Gasteiger partial charge in [0.1, 0.15) is 5.54 Å². The third-order valence-corrected chi connectivity index (χ3v) is 3.84. The number of hydrogen-bond acceptors (Lipinski definition) is 3. The van der Waals surface area contributed by atoms with Gasteiger partial charge in [-0.1, -0.05) is 38.7 Å². The highest BCUT2D eigenvalue weighted by Crippen LogP contribution is 2.20. The Kier molecular flexibility index (Phi) is 7.82. The zero-order valence-corrected chi connectivity index (χ0v) is 14.5. The molecule has 1 aromatic carbocycles. The molecule has 0 saturated carbocycles. The Hall–Kier alpha value is -1.98. The third-order valence-electron chi connectivity index (χ3n) is 3.84. The van der Waals surface area contributed by atoms with Gasteiger partial charge in [0.25, 0.3) is 5.91 Å². The topological polar surface area (TPSA) is 55.4 Å². The Balaban J connectivity index is 2.92. The lowest BCUT2D eigenvalue weighted by Crippen LogP contribution is -2.53. The molecule has 0 radical (unpaired) electrons. The number of halogens is 2. The van der Waals surface area contributed by atoms with E-state index < -0.39 is 34.6 Å². The molecule has 0 heterocycles. The van der Waals surface area contributed by atoms with Gasteiger partial charge in [0.15, 0.2) is 11.6 Å². The van der Waals surface area contributed by atoms with E-state index >= 15 is 0 Å². The van der Waals surface area contributed by atoms with E-state index in [4.69, 9.17) is 4.74 Å². The standard InChI is InChI=1S/C18H25F2NO3/c1-4-6-7-8-12-18(3,17(23)24-5-2)21-16(22)13-10-9-11-14(19)15(13)20/h9-11H,4-8,12H2,1-3H3,(H,21,22). The lowest BCUT2D eigenvalue weighted by atomic mass is 9.93. The number of rotatable bonds is 9. The van der Waals surface area contributed by atoms with Crippen molar-refractivity contribution in [2.45, 2.75) is 58.4 Å². The van der Waals surface area contributed by atoms with Crippen molar-refractivity contribution >= 4 is 11.9 Å². The minimum Gasteiger partial charge on any atom is -0.464 e. The molecule has 1 atom stereocenters. The molecule has 0 aliphatic carbocycles. The van der Waals surface area contributed by atoms with Crippen LogP contribution in [0.4, 0.5) is 8.78 Å². The molecule has 0 aromatic heterocycles. The molecule has 1 amide bonds. The van der Waals surface area contributed by atoms with Gasteiger partial charge in [-0.15, -0.1) is 0 Å². The Morgan fingerprint density at radius 2 is 1.88 bits per heavy atom. The molecule has 0 saturated heterocycles. The maximum atomic E-state index is 13.8. The van der Waals surface area contributed by atoms with Gasteiger partial charge in [0.05, 0.1) is 12.2 Å². The Bertz CT molecular complexity index is 577. The third kappa shape index (κ3) is 5.28. The molecule has 0 fully saturated rings. The van der Waals surface area contributed by atoms with Crippen LogP contribution < -0.4 is 5.32 Å². The number of nitrogens with one attached hydrogen (secondary N) is 1. The van der Waals surface area contributed by atoms with Crippen LogP contribution in [0.5, 0.6) is 0 Å². The summed E-state index contributed by atoms with van der Waals surface area (Å²) in [5.74, 6) is -3.75. The number of esters is 1. The van der Waals surface area contributed by atoms with E-state index in [-0.39, 0.29) is 6.61 Å². The van der Waals surface area contributed by atoms with Crippen LogP contribution in [-0.2, 0) is 9.53 Å². The molecule has 1 unspecified atom stereocenters. The van der Waals surface area contributed by atoms with Crippen LogP contribution >= 0.6 is 0 Å². The average molecular weight is 341 g/mol. The van der Waals surface area contributed by atoms with Crippen LogP contribution in [0.25, 0.3) is 0 Å². The van der Waals surface area contributed by atoms with E-state index in [1.807, 2.05) is 0 Å². The first-order valence-electron chi connectivity index (χ1n) is 8.29. The SMILES string of the molecule is CCCCCCC(C)(NC(=O)c1cccc(F)c1F)C(=O)OCC. The highest BCUT2D eigenvalue weighted by Gasteiger charge is 2.36. The van der Waals surface area contributed by atoms with Gasteiger partial charge in [-0.3, -0.25) is 4.79 Å². The van der Waals surface area contributed by atoms with Crippen molar-refractivity contribution in [3.05, 3.63) is 35.4 Å². The first kappa shape index (κ1) is 20.1. The van der Waals surface area contributed by atoms with Crippen molar-refractivity contribution in [1.29, 1.82) is 0 Å². The van der Waals surface area contributed by atoms with Crippen LogP contribution in [0.1, 0.15) is 63.2 Å². The fraction of sp³-hybridized carbons (Fsp3) is 0.556. The molecule has 0 spiro atoms. The van der Waals surface area contributed by atoms with E-state index in [0.717, 1.165) is 31.7 Å². The molecule has 4 nitrogen and oxygen atoms in total. The summed E-state index contributed by atoms with van der Waals surface area (Å²) in [6.45, 7) is 5.46. The van der Waals surface area contributed by atoms with Gasteiger partial charge >= 0.3 is 5.97 Å². The fourth-order valence-electron chi connectivity index (χ4n) is 2.41. The number of hydrogen-bond donors (Lipinski definition) is 1.